The van der Waals surface area contributed by atoms with Gasteiger partial charge < -0.3 is 14.8 Å². The van der Waals surface area contributed by atoms with Crippen molar-refractivity contribution in [3.05, 3.63) is 81.4 Å². The molecule has 0 heterocycles. The Labute approximate surface area is 207 Å². The number of benzene rings is 3. The van der Waals surface area contributed by atoms with Gasteiger partial charge in [0.1, 0.15) is 18.0 Å². The summed E-state index contributed by atoms with van der Waals surface area (Å²) in [6.07, 6.45) is 0. The highest BCUT2D eigenvalue weighted by Crippen LogP contribution is 2.35. The van der Waals surface area contributed by atoms with E-state index in [0.717, 1.165) is 10.4 Å². The van der Waals surface area contributed by atoms with Crippen LogP contribution >= 0.6 is 11.6 Å². The van der Waals surface area contributed by atoms with E-state index in [1.807, 2.05) is 0 Å². The van der Waals surface area contributed by atoms with Crippen LogP contribution in [0.2, 0.25) is 5.02 Å². The van der Waals surface area contributed by atoms with Gasteiger partial charge >= 0.3 is 0 Å². The van der Waals surface area contributed by atoms with Crippen molar-refractivity contribution in [3.8, 4) is 11.5 Å². The second-order valence-corrected chi connectivity index (χ2v) is 9.61. The zero-order valence-electron chi connectivity index (χ0n) is 19.0. The molecule has 3 aromatic rings. The molecule has 0 atom stereocenters. The van der Waals surface area contributed by atoms with Gasteiger partial charge in [-0.3, -0.25) is 19.2 Å². The highest BCUT2D eigenvalue weighted by atomic mass is 35.5. The molecular weight excluding hydrogens is 498 g/mol. The van der Waals surface area contributed by atoms with Crippen molar-refractivity contribution < 1.29 is 27.6 Å². The van der Waals surface area contributed by atoms with Gasteiger partial charge in [-0.15, -0.1) is 0 Å². The van der Waals surface area contributed by atoms with E-state index in [0.29, 0.717) is 11.4 Å². The van der Waals surface area contributed by atoms with Crippen LogP contribution in [0.5, 0.6) is 11.5 Å². The van der Waals surface area contributed by atoms with Crippen LogP contribution in [0.15, 0.2) is 65.6 Å². The Morgan fingerprint density at radius 1 is 1.09 bits per heavy atom. The minimum absolute atomic E-state index is 0.0102. The fraction of sp³-hybridized carbons (Fsp3) is 0.174. The summed E-state index contributed by atoms with van der Waals surface area (Å²) >= 11 is 6.12. The summed E-state index contributed by atoms with van der Waals surface area (Å²) < 4.78 is 38.6. The van der Waals surface area contributed by atoms with Gasteiger partial charge in [0.15, 0.2) is 0 Å². The Bertz CT molecular complexity index is 1380. The van der Waals surface area contributed by atoms with E-state index in [2.05, 4.69) is 5.32 Å². The first-order chi connectivity index (χ1) is 16.6. The molecule has 0 unspecified atom stereocenters. The number of nitrogens with one attached hydrogen (secondary N) is 1. The molecule has 0 radical (unpaired) electrons. The van der Waals surface area contributed by atoms with Crippen LogP contribution in [0, 0.1) is 17.0 Å². The lowest BCUT2D eigenvalue weighted by Gasteiger charge is -2.26. The molecule has 0 saturated heterocycles. The molecular formula is C23H22ClN3O7S. The number of carbonyl (C=O) groups is 1. The van der Waals surface area contributed by atoms with Crippen molar-refractivity contribution in [2.75, 3.05) is 30.4 Å². The number of carbonyl (C=O) groups excluding carboxylic acids is 1. The van der Waals surface area contributed by atoms with E-state index in [1.54, 1.807) is 24.3 Å². The molecule has 3 aromatic carbocycles. The van der Waals surface area contributed by atoms with E-state index in [9.17, 15) is 23.3 Å². The number of anilines is 2. The molecule has 0 saturated carbocycles. The summed E-state index contributed by atoms with van der Waals surface area (Å²) in [5.74, 6) is -0.0463. The molecule has 184 valence electrons. The second-order valence-electron chi connectivity index (χ2n) is 7.31. The van der Waals surface area contributed by atoms with Crippen molar-refractivity contribution in [2.24, 2.45) is 0 Å². The second kappa shape index (κ2) is 10.6. The summed E-state index contributed by atoms with van der Waals surface area (Å²) in [6, 6.07) is 14.3. The van der Waals surface area contributed by atoms with Crippen LogP contribution in [-0.2, 0) is 14.8 Å². The zero-order chi connectivity index (χ0) is 25.8. The minimum Gasteiger partial charge on any atom is -0.497 e. The third kappa shape index (κ3) is 5.81. The van der Waals surface area contributed by atoms with Crippen molar-refractivity contribution in [2.45, 2.75) is 11.8 Å². The summed E-state index contributed by atoms with van der Waals surface area (Å²) in [7, 11) is -1.66. The Kier molecular flexibility index (Phi) is 7.82. The number of amides is 1. The number of aryl methyl sites for hydroxylation is 1. The molecule has 0 aliphatic rings. The van der Waals surface area contributed by atoms with Crippen LogP contribution in [0.1, 0.15) is 5.56 Å². The topological polar surface area (TPSA) is 128 Å². The molecule has 0 bridgehead atoms. The highest BCUT2D eigenvalue weighted by Gasteiger charge is 2.31. The highest BCUT2D eigenvalue weighted by molar-refractivity contribution is 7.92. The molecule has 3 rings (SSSR count). The van der Waals surface area contributed by atoms with E-state index in [-0.39, 0.29) is 32.6 Å². The fourth-order valence-corrected chi connectivity index (χ4v) is 4.87. The van der Waals surface area contributed by atoms with Crippen molar-refractivity contribution in [1.29, 1.82) is 0 Å². The molecule has 35 heavy (non-hydrogen) atoms. The average molecular weight is 520 g/mol. The number of halogens is 1. The third-order valence-corrected chi connectivity index (χ3v) is 7.01. The molecule has 12 heteroatoms. The molecule has 0 aliphatic heterocycles. The molecule has 0 spiro atoms. The monoisotopic (exact) mass is 519 g/mol. The van der Waals surface area contributed by atoms with Crippen molar-refractivity contribution >= 4 is 44.6 Å². The first kappa shape index (κ1) is 25.8. The van der Waals surface area contributed by atoms with E-state index < -0.39 is 27.4 Å². The van der Waals surface area contributed by atoms with Crippen LogP contribution in [0.3, 0.4) is 0 Å². The molecule has 0 fully saturated rings. The predicted molar refractivity (Wildman–Crippen MR) is 132 cm³/mol. The molecule has 1 N–H and O–H groups in total. The van der Waals surface area contributed by atoms with Crippen LogP contribution in [0.25, 0.3) is 0 Å². The predicted octanol–water partition coefficient (Wildman–Crippen LogP) is 4.41. The van der Waals surface area contributed by atoms with Crippen LogP contribution in [0.4, 0.5) is 17.1 Å². The quantitative estimate of drug-likeness (QED) is 0.327. The van der Waals surface area contributed by atoms with Crippen LogP contribution in [-0.4, -0.2) is 40.0 Å². The first-order valence-corrected chi connectivity index (χ1v) is 11.9. The Hall–Kier alpha value is -3.83. The number of nitrogens with zero attached hydrogens (tertiary/aromatic N) is 2. The lowest BCUT2D eigenvalue weighted by Crippen LogP contribution is -2.38. The zero-order valence-corrected chi connectivity index (χ0v) is 20.6. The van der Waals surface area contributed by atoms with Crippen molar-refractivity contribution in [3.63, 3.8) is 0 Å². The maximum absolute atomic E-state index is 13.7. The van der Waals surface area contributed by atoms with Gasteiger partial charge in [0.05, 0.1) is 29.7 Å². The maximum Gasteiger partial charge on any atom is 0.273 e. The molecule has 10 nitrogen and oxygen atoms in total. The lowest BCUT2D eigenvalue weighted by molar-refractivity contribution is -0.385. The SMILES string of the molecule is COc1cccc(NC(=O)CN(c2cc(Cl)ccc2OC)S(=O)(=O)c2ccc(C)c([N+](=O)[O-])c2)c1. The van der Waals surface area contributed by atoms with E-state index in [1.165, 1.54) is 51.5 Å². The van der Waals surface area contributed by atoms with Gasteiger partial charge in [-0.05, 0) is 43.3 Å². The standard InChI is InChI=1S/C23H22ClN3O7S/c1-15-7-9-19(13-20(15)27(29)30)35(31,32)26(21-11-16(24)8-10-22(21)34-3)14-23(28)25-17-5-4-6-18(12-17)33-2/h4-13H,14H2,1-3H3,(H,25,28). The third-order valence-electron chi connectivity index (χ3n) is 5.02. The Balaban J connectivity index is 2.08. The minimum atomic E-state index is -4.47. The first-order valence-electron chi connectivity index (χ1n) is 10.1. The fourth-order valence-electron chi connectivity index (χ4n) is 3.26. The number of ether oxygens (including phenoxy) is 2. The number of sulfonamides is 1. The summed E-state index contributed by atoms with van der Waals surface area (Å²) in [5, 5.41) is 14.2. The summed E-state index contributed by atoms with van der Waals surface area (Å²) in [6.45, 7) is 0.825. The Morgan fingerprint density at radius 3 is 2.49 bits per heavy atom. The largest absolute Gasteiger partial charge is 0.497 e. The van der Waals surface area contributed by atoms with Crippen LogP contribution < -0.4 is 19.1 Å². The number of nitro benzene ring substituents is 1. The molecule has 0 aliphatic carbocycles. The maximum atomic E-state index is 13.7. The number of hydrogen-bond donors (Lipinski definition) is 1. The normalized spacial score (nSPS) is 11.0. The Morgan fingerprint density at radius 2 is 1.83 bits per heavy atom. The van der Waals surface area contributed by atoms with Gasteiger partial charge in [0, 0.05) is 28.4 Å². The van der Waals surface area contributed by atoms with Gasteiger partial charge in [-0.1, -0.05) is 23.7 Å². The van der Waals surface area contributed by atoms with Gasteiger partial charge in [0.2, 0.25) is 5.91 Å². The number of methoxy groups -OCH3 is 2. The number of rotatable bonds is 9. The average Bonchev–Trinajstić information content (AvgIpc) is 2.82. The smallest absolute Gasteiger partial charge is 0.273 e. The van der Waals surface area contributed by atoms with E-state index >= 15 is 0 Å². The molecule has 0 aromatic heterocycles. The number of nitro groups is 1. The number of hydrogen-bond acceptors (Lipinski definition) is 7. The summed E-state index contributed by atoms with van der Waals surface area (Å²) in [5.41, 5.74) is 0.293. The van der Waals surface area contributed by atoms with E-state index in [4.69, 9.17) is 21.1 Å². The summed E-state index contributed by atoms with van der Waals surface area (Å²) in [4.78, 5) is 23.3. The lowest BCUT2D eigenvalue weighted by atomic mass is 10.2. The van der Waals surface area contributed by atoms with Gasteiger partial charge in [0.25, 0.3) is 15.7 Å². The van der Waals surface area contributed by atoms with Gasteiger partial charge in [-0.25, -0.2) is 8.42 Å². The van der Waals surface area contributed by atoms with Gasteiger partial charge in [-0.2, -0.15) is 0 Å². The van der Waals surface area contributed by atoms with Crippen molar-refractivity contribution in [1.82, 2.24) is 0 Å². The molecule has 1 amide bonds.